The minimum Gasteiger partial charge on any atom is -0.343 e. The molecular weight excluding hydrogens is 288 g/mol. The average molecular weight is 312 g/mol. The Morgan fingerprint density at radius 3 is 2.96 bits per heavy atom. The summed E-state index contributed by atoms with van der Waals surface area (Å²) in [6.45, 7) is 6.45. The zero-order valence-electron chi connectivity index (χ0n) is 13.9. The van der Waals surface area contributed by atoms with Crippen molar-refractivity contribution < 1.29 is 4.79 Å². The maximum absolute atomic E-state index is 11.5. The van der Waals surface area contributed by atoms with E-state index in [2.05, 4.69) is 23.1 Å². The lowest BCUT2D eigenvalue weighted by Gasteiger charge is -2.15. The van der Waals surface area contributed by atoms with E-state index in [0.717, 1.165) is 50.3 Å². The molecule has 0 spiro atoms. The van der Waals surface area contributed by atoms with Crippen LogP contribution in [0.25, 0.3) is 11.4 Å². The third kappa shape index (κ3) is 3.44. The van der Waals surface area contributed by atoms with Gasteiger partial charge in [0.2, 0.25) is 5.91 Å². The van der Waals surface area contributed by atoms with Crippen molar-refractivity contribution in [2.75, 3.05) is 13.1 Å². The fourth-order valence-electron chi connectivity index (χ4n) is 3.35. The van der Waals surface area contributed by atoms with Crippen molar-refractivity contribution in [3.8, 4) is 11.4 Å². The highest BCUT2D eigenvalue weighted by Crippen LogP contribution is 2.27. The van der Waals surface area contributed by atoms with Gasteiger partial charge in [-0.1, -0.05) is 13.0 Å². The van der Waals surface area contributed by atoms with E-state index < -0.39 is 0 Å². The first kappa shape index (κ1) is 15.7. The number of carbonyl (C=O) groups is 1. The molecule has 0 bridgehead atoms. The summed E-state index contributed by atoms with van der Waals surface area (Å²) in [5.41, 5.74) is 3.37. The van der Waals surface area contributed by atoms with Gasteiger partial charge in [0.05, 0.1) is 11.4 Å². The predicted molar refractivity (Wildman–Crippen MR) is 89.8 cm³/mol. The second-order valence-electron chi connectivity index (χ2n) is 6.27. The van der Waals surface area contributed by atoms with Crippen molar-refractivity contribution in [2.45, 2.75) is 39.7 Å². The van der Waals surface area contributed by atoms with Crippen molar-refractivity contribution in [3.05, 3.63) is 36.2 Å². The molecule has 0 N–H and O–H groups in total. The van der Waals surface area contributed by atoms with Crippen LogP contribution in [-0.2, 0) is 17.8 Å². The highest BCUT2D eigenvalue weighted by Gasteiger charge is 2.25. The van der Waals surface area contributed by atoms with Gasteiger partial charge in [-0.05, 0) is 42.9 Å². The molecule has 1 aliphatic rings. The zero-order valence-corrected chi connectivity index (χ0v) is 13.9. The Hall–Kier alpha value is -2.17. The number of likely N-dealkylation sites (tertiary alicyclic amines) is 1. The van der Waals surface area contributed by atoms with Crippen molar-refractivity contribution in [1.82, 2.24) is 19.7 Å². The van der Waals surface area contributed by atoms with E-state index in [-0.39, 0.29) is 5.91 Å². The third-order valence-electron chi connectivity index (χ3n) is 4.53. The molecule has 1 saturated heterocycles. The summed E-state index contributed by atoms with van der Waals surface area (Å²) in [6.07, 6.45) is 6.77. The van der Waals surface area contributed by atoms with Crippen LogP contribution in [0.3, 0.4) is 0 Å². The van der Waals surface area contributed by atoms with E-state index >= 15 is 0 Å². The van der Waals surface area contributed by atoms with Gasteiger partial charge in [0.1, 0.15) is 0 Å². The molecular formula is C18H24N4O. The molecule has 5 heteroatoms. The number of nitrogens with zero attached hydrogens (tertiary/aromatic N) is 4. The van der Waals surface area contributed by atoms with Gasteiger partial charge in [-0.3, -0.25) is 14.5 Å². The van der Waals surface area contributed by atoms with E-state index in [1.165, 1.54) is 5.56 Å². The minimum atomic E-state index is 0.180. The van der Waals surface area contributed by atoms with Crippen LogP contribution in [0.4, 0.5) is 0 Å². The van der Waals surface area contributed by atoms with Gasteiger partial charge in [-0.25, -0.2) is 0 Å². The Morgan fingerprint density at radius 1 is 1.35 bits per heavy atom. The van der Waals surface area contributed by atoms with Gasteiger partial charge in [-0.2, -0.15) is 5.10 Å². The van der Waals surface area contributed by atoms with Gasteiger partial charge >= 0.3 is 0 Å². The molecule has 122 valence electrons. The SMILES string of the molecule is CCCn1nccc1-c1ncccc1C[C@H]1CCN(C(C)=O)C1. The molecule has 23 heavy (non-hydrogen) atoms. The normalized spacial score (nSPS) is 17.7. The lowest BCUT2D eigenvalue weighted by molar-refractivity contribution is -0.127. The Balaban J connectivity index is 1.81. The number of aromatic nitrogens is 3. The highest BCUT2D eigenvalue weighted by molar-refractivity contribution is 5.73. The second-order valence-corrected chi connectivity index (χ2v) is 6.27. The van der Waals surface area contributed by atoms with Crippen molar-refractivity contribution in [3.63, 3.8) is 0 Å². The number of hydrogen-bond acceptors (Lipinski definition) is 3. The molecule has 2 aromatic heterocycles. The largest absolute Gasteiger partial charge is 0.343 e. The Labute approximate surface area is 137 Å². The molecule has 1 fully saturated rings. The van der Waals surface area contributed by atoms with Crippen LogP contribution in [0.5, 0.6) is 0 Å². The molecule has 1 aliphatic heterocycles. The Kier molecular flexibility index (Phi) is 4.74. The Bertz CT molecular complexity index is 679. The first-order valence-corrected chi connectivity index (χ1v) is 8.40. The smallest absolute Gasteiger partial charge is 0.219 e. The first-order valence-electron chi connectivity index (χ1n) is 8.40. The van der Waals surface area contributed by atoms with Crippen LogP contribution in [0.15, 0.2) is 30.6 Å². The molecule has 5 nitrogen and oxygen atoms in total. The van der Waals surface area contributed by atoms with Crippen molar-refractivity contribution in [2.24, 2.45) is 5.92 Å². The quantitative estimate of drug-likeness (QED) is 0.853. The molecule has 3 rings (SSSR count). The summed E-state index contributed by atoms with van der Waals surface area (Å²) in [5, 5.41) is 4.41. The molecule has 1 atom stereocenters. The summed E-state index contributed by atoms with van der Waals surface area (Å²) in [4.78, 5) is 18.1. The molecule has 0 saturated carbocycles. The fourth-order valence-corrected chi connectivity index (χ4v) is 3.35. The third-order valence-corrected chi connectivity index (χ3v) is 4.53. The Morgan fingerprint density at radius 2 is 2.22 bits per heavy atom. The molecule has 0 aliphatic carbocycles. The van der Waals surface area contributed by atoms with E-state index in [1.54, 1.807) is 6.92 Å². The molecule has 1 amide bonds. The van der Waals surface area contributed by atoms with Crippen molar-refractivity contribution in [1.29, 1.82) is 0 Å². The van der Waals surface area contributed by atoms with E-state index in [9.17, 15) is 4.79 Å². The summed E-state index contributed by atoms with van der Waals surface area (Å²) in [7, 11) is 0. The van der Waals surface area contributed by atoms with E-state index in [4.69, 9.17) is 0 Å². The molecule has 0 radical (unpaired) electrons. The van der Waals surface area contributed by atoms with Crippen LogP contribution in [-0.4, -0.2) is 38.7 Å². The highest BCUT2D eigenvalue weighted by atomic mass is 16.2. The van der Waals surface area contributed by atoms with Gasteiger partial charge in [0.15, 0.2) is 0 Å². The van der Waals surface area contributed by atoms with Crippen LogP contribution in [0, 0.1) is 5.92 Å². The van der Waals surface area contributed by atoms with Gasteiger partial charge in [-0.15, -0.1) is 0 Å². The predicted octanol–water partition coefficient (Wildman–Crippen LogP) is 2.77. The van der Waals surface area contributed by atoms with Crippen molar-refractivity contribution >= 4 is 5.91 Å². The summed E-state index contributed by atoms with van der Waals surface area (Å²) >= 11 is 0. The number of carbonyl (C=O) groups excluding carboxylic acids is 1. The lowest BCUT2D eigenvalue weighted by Crippen LogP contribution is -2.26. The molecule has 0 unspecified atom stereocenters. The van der Waals surface area contributed by atoms with Crippen LogP contribution in [0.1, 0.15) is 32.3 Å². The molecule has 3 heterocycles. The number of amides is 1. The van der Waals surface area contributed by atoms with Crippen LogP contribution >= 0.6 is 0 Å². The number of rotatable bonds is 5. The topological polar surface area (TPSA) is 51.0 Å². The maximum Gasteiger partial charge on any atom is 0.219 e. The second kappa shape index (κ2) is 6.94. The van der Waals surface area contributed by atoms with E-state index in [1.807, 2.05) is 34.1 Å². The molecule has 0 aromatic carbocycles. The van der Waals surface area contributed by atoms with Crippen LogP contribution in [0.2, 0.25) is 0 Å². The van der Waals surface area contributed by atoms with Crippen LogP contribution < -0.4 is 0 Å². The van der Waals surface area contributed by atoms with Gasteiger partial charge in [0, 0.05) is 39.0 Å². The fraction of sp³-hybridized carbons (Fsp3) is 0.500. The minimum absolute atomic E-state index is 0.180. The summed E-state index contributed by atoms with van der Waals surface area (Å²) in [6, 6.07) is 6.19. The van der Waals surface area contributed by atoms with E-state index in [0.29, 0.717) is 5.92 Å². The first-order chi connectivity index (χ1) is 11.2. The number of hydrogen-bond donors (Lipinski definition) is 0. The monoisotopic (exact) mass is 312 g/mol. The van der Waals surface area contributed by atoms with Gasteiger partial charge < -0.3 is 4.90 Å². The lowest BCUT2D eigenvalue weighted by atomic mass is 9.96. The average Bonchev–Trinajstić information content (AvgIpc) is 3.18. The summed E-state index contributed by atoms with van der Waals surface area (Å²) < 4.78 is 2.03. The maximum atomic E-state index is 11.5. The number of pyridine rings is 1. The zero-order chi connectivity index (χ0) is 16.2. The molecule has 2 aromatic rings. The van der Waals surface area contributed by atoms with Gasteiger partial charge in [0.25, 0.3) is 0 Å². The number of aryl methyl sites for hydroxylation is 1. The standard InChI is InChI=1S/C18H24N4O/c1-3-10-22-17(6-9-20-22)18-16(5-4-8-19-18)12-15-7-11-21(13-15)14(2)23/h4-6,8-9,15H,3,7,10-13H2,1-2H3/t15-/m1/s1. The summed E-state index contributed by atoms with van der Waals surface area (Å²) in [5.74, 6) is 0.698.